The van der Waals surface area contributed by atoms with Crippen molar-refractivity contribution in [3.63, 3.8) is 0 Å². The Morgan fingerprint density at radius 3 is 2.78 bits per heavy atom. The van der Waals surface area contributed by atoms with Crippen LogP contribution in [0.5, 0.6) is 5.75 Å². The number of rotatable bonds is 4. The number of ether oxygens (including phenoxy) is 1. The summed E-state index contributed by atoms with van der Waals surface area (Å²) in [6.45, 7) is 1.45. The van der Waals surface area contributed by atoms with Crippen molar-refractivity contribution in [1.82, 2.24) is 5.32 Å². The Morgan fingerprint density at radius 2 is 2.11 bits per heavy atom. The SMILES string of the molecule is COc1ccc2c(c1NC(=O)CC1=CC=C(C(F)(F)F)C(F)C1)CCNC2. The van der Waals surface area contributed by atoms with E-state index in [1.165, 1.54) is 13.2 Å². The molecule has 1 unspecified atom stereocenters. The molecule has 1 aromatic carbocycles. The normalized spacial score (nSPS) is 19.7. The van der Waals surface area contributed by atoms with Crippen LogP contribution in [0.15, 0.2) is 35.4 Å². The van der Waals surface area contributed by atoms with E-state index in [2.05, 4.69) is 10.6 Å². The second-order valence-corrected chi connectivity index (χ2v) is 6.55. The highest BCUT2D eigenvalue weighted by Crippen LogP contribution is 2.36. The van der Waals surface area contributed by atoms with Gasteiger partial charge in [0.25, 0.3) is 0 Å². The molecule has 1 atom stereocenters. The molecule has 1 amide bonds. The lowest BCUT2D eigenvalue weighted by molar-refractivity contribution is -0.115. The first-order valence-corrected chi connectivity index (χ1v) is 8.59. The van der Waals surface area contributed by atoms with Crippen LogP contribution in [0.3, 0.4) is 0 Å². The summed E-state index contributed by atoms with van der Waals surface area (Å²) in [5, 5.41) is 6.04. The van der Waals surface area contributed by atoms with Crippen LogP contribution in [0.4, 0.5) is 23.2 Å². The van der Waals surface area contributed by atoms with E-state index in [0.717, 1.165) is 24.1 Å². The number of allylic oxidation sites excluding steroid dienone is 3. The van der Waals surface area contributed by atoms with E-state index in [1.54, 1.807) is 6.07 Å². The molecule has 2 aliphatic rings. The van der Waals surface area contributed by atoms with E-state index >= 15 is 0 Å². The number of halogens is 4. The average molecular weight is 384 g/mol. The van der Waals surface area contributed by atoms with E-state index in [1.807, 2.05) is 6.07 Å². The van der Waals surface area contributed by atoms with Gasteiger partial charge in [0.2, 0.25) is 5.91 Å². The summed E-state index contributed by atoms with van der Waals surface area (Å²) >= 11 is 0. The van der Waals surface area contributed by atoms with E-state index in [9.17, 15) is 22.4 Å². The van der Waals surface area contributed by atoms with E-state index in [0.29, 0.717) is 29.6 Å². The minimum Gasteiger partial charge on any atom is -0.495 e. The number of hydrogen-bond acceptors (Lipinski definition) is 3. The van der Waals surface area contributed by atoms with Gasteiger partial charge in [-0.2, -0.15) is 13.2 Å². The van der Waals surface area contributed by atoms with Crippen LogP contribution in [-0.2, 0) is 17.8 Å². The number of fused-ring (bicyclic) bond motifs is 1. The third-order valence-corrected chi connectivity index (χ3v) is 4.72. The van der Waals surface area contributed by atoms with E-state index in [-0.39, 0.29) is 6.42 Å². The fourth-order valence-corrected chi connectivity index (χ4v) is 3.38. The maximum Gasteiger partial charge on any atom is 0.415 e. The average Bonchev–Trinajstić information content (AvgIpc) is 2.61. The van der Waals surface area contributed by atoms with Gasteiger partial charge in [0, 0.05) is 19.4 Å². The van der Waals surface area contributed by atoms with E-state index < -0.39 is 30.2 Å². The molecule has 146 valence electrons. The summed E-state index contributed by atoms with van der Waals surface area (Å²) < 4.78 is 57.2. The number of anilines is 1. The van der Waals surface area contributed by atoms with Gasteiger partial charge in [0.15, 0.2) is 0 Å². The van der Waals surface area contributed by atoms with Crippen LogP contribution >= 0.6 is 0 Å². The van der Waals surface area contributed by atoms with Gasteiger partial charge in [-0.05, 0) is 30.2 Å². The molecular formula is C19H20F4N2O2. The highest BCUT2D eigenvalue weighted by atomic mass is 19.4. The number of carbonyl (C=O) groups is 1. The van der Waals surface area contributed by atoms with Crippen LogP contribution in [0, 0.1) is 0 Å². The van der Waals surface area contributed by atoms with Gasteiger partial charge in [-0.25, -0.2) is 4.39 Å². The molecule has 0 bridgehead atoms. The summed E-state index contributed by atoms with van der Waals surface area (Å²) in [4.78, 5) is 12.4. The molecule has 2 N–H and O–H groups in total. The van der Waals surface area contributed by atoms with Gasteiger partial charge in [0.1, 0.15) is 11.9 Å². The molecule has 1 heterocycles. The van der Waals surface area contributed by atoms with Gasteiger partial charge >= 0.3 is 6.18 Å². The lowest BCUT2D eigenvalue weighted by Crippen LogP contribution is -2.26. The Balaban J connectivity index is 1.76. The Bertz CT molecular complexity index is 800. The Morgan fingerprint density at radius 1 is 1.33 bits per heavy atom. The summed E-state index contributed by atoms with van der Waals surface area (Å²) in [7, 11) is 1.50. The predicted molar refractivity (Wildman–Crippen MR) is 93.4 cm³/mol. The van der Waals surface area contributed by atoms with Crippen LogP contribution < -0.4 is 15.4 Å². The summed E-state index contributed by atoms with van der Waals surface area (Å²) in [5.41, 5.74) is 1.70. The van der Waals surface area contributed by atoms with Crippen LogP contribution in [0.1, 0.15) is 24.0 Å². The van der Waals surface area contributed by atoms with Gasteiger partial charge in [-0.15, -0.1) is 0 Å². The largest absolute Gasteiger partial charge is 0.495 e. The maximum absolute atomic E-state index is 13.8. The van der Waals surface area contributed by atoms with Crippen molar-refractivity contribution in [3.05, 3.63) is 46.6 Å². The number of nitrogens with one attached hydrogen (secondary N) is 2. The molecular weight excluding hydrogens is 364 g/mol. The van der Waals surface area contributed by atoms with Crippen LogP contribution in [0.2, 0.25) is 0 Å². The zero-order valence-electron chi connectivity index (χ0n) is 14.8. The Kier molecular flexibility index (Phi) is 5.55. The third kappa shape index (κ3) is 4.32. The standard InChI is InChI=1S/C19H20F4N2O2/c1-27-16-5-3-12-10-24-7-6-13(12)18(16)25-17(26)9-11-2-4-14(15(20)8-11)19(21,22)23/h2-5,15,24H,6-10H2,1H3,(H,25,26). The van der Waals surface area contributed by atoms with Crippen molar-refractivity contribution in [2.24, 2.45) is 0 Å². The summed E-state index contributed by atoms with van der Waals surface area (Å²) in [6.07, 6.45) is -4.85. The molecule has 27 heavy (non-hydrogen) atoms. The molecule has 1 aliphatic heterocycles. The van der Waals surface area contributed by atoms with Crippen molar-refractivity contribution in [3.8, 4) is 5.75 Å². The summed E-state index contributed by atoms with van der Waals surface area (Å²) in [5.74, 6) is 0.104. The molecule has 0 saturated carbocycles. The molecule has 3 rings (SSSR count). The van der Waals surface area contributed by atoms with E-state index in [4.69, 9.17) is 4.74 Å². The highest BCUT2D eigenvalue weighted by molar-refractivity contribution is 5.95. The third-order valence-electron chi connectivity index (χ3n) is 4.72. The number of alkyl halides is 4. The number of hydrogen-bond donors (Lipinski definition) is 2. The first kappa shape index (κ1) is 19.4. The van der Waals surface area contributed by atoms with Crippen molar-refractivity contribution in [2.75, 3.05) is 19.0 Å². The van der Waals surface area contributed by atoms with Gasteiger partial charge in [0.05, 0.1) is 18.4 Å². The molecule has 0 aromatic heterocycles. The highest BCUT2D eigenvalue weighted by Gasteiger charge is 2.40. The quantitative estimate of drug-likeness (QED) is 0.776. The zero-order valence-corrected chi connectivity index (χ0v) is 14.8. The van der Waals surface area contributed by atoms with Crippen molar-refractivity contribution in [1.29, 1.82) is 0 Å². The minimum atomic E-state index is -4.70. The molecule has 0 fully saturated rings. The number of methoxy groups -OCH3 is 1. The van der Waals surface area contributed by atoms with Gasteiger partial charge < -0.3 is 15.4 Å². The smallest absolute Gasteiger partial charge is 0.415 e. The Hall–Kier alpha value is -2.35. The molecule has 1 aliphatic carbocycles. The van der Waals surface area contributed by atoms with Crippen molar-refractivity contribution >= 4 is 11.6 Å². The second kappa shape index (κ2) is 7.72. The monoisotopic (exact) mass is 384 g/mol. The fraction of sp³-hybridized carbons (Fsp3) is 0.421. The van der Waals surface area contributed by atoms with Crippen molar-refractivity contribution in [2.45, 2.75) is 38.2 Å². The first-order chi connectivity index (χ1) is 12.8. The number of amides is 1. The molecule has 0 saturated heterocycles. The van der Waals surface area contributed by atoms with Gasteiger partial charge in [-0.1, -0.05) is 23.8 Å². The second-order valence-electron chi connectivity index (χ2n) is 6.55. The molecule has 4 nitrogen and oxygen atoms in total. The topological polar surface area (TPSA) is 50.4 Å². The summed E-state index contributed by atoms with van der Waals surface area (Å²) in [6, 6.07) is 3.69. The van der Waals surface area contributed by atoms with Gasteiger partial charge in [-0.3, -0.25) is 4.79 Å². The predicted octanol–water partition coefficient (Wildman–Crippen LogP) is 3.83. The molecule has 0 spiro atoms. The fourth-order valence-electron chi connectivity index (χ4n) is 3.38. The number of carbonyl (C=O) groups excluding carboxylic acids is 1. The van der Waals surface area contributed by atoms with Crippen molar-refractivity contribution < 1.29 is 27.1 Å². The number of benzene rings is 1. The lowest BCUT2D eigenvalue weighted by Gasteiger charge is -2.23. The first-order valence-electron chi connectivity index (χ1n) is 8.59. The molecule has 1 aromatic rings. The molecule has 0 radical (unpaired) electrons. The minimum absolute atomic E-state index is 0.173. The Labute approximate surface area is 154 Å². The lowest BCUT2D eigenvalue weighted by atomic mass is 9.93. The van der Waals surface area contributed by atoms with Crippen LogP contribution in [0.25, 0.3) is 0 Å². The van der Waals surface area contributed by atoms with Crippen LogP contribution in [-0.4, -0.2) is 31.9 Å². The zero-order chi connectivity index (χ0) is 19.6. The molecule has 8 heteroatoms. The maximum atomic E-state index is 13.8.